The molecule has 76 valence electrons. The van der Waals surface area contributed by atoms with Crippen molar-refractivity contribution in [1.29, 1.82) is 0 Å². The summed E-state index contributed by atoms with van der Waals surface area (Å²) >= 11 is 0. The fourth-order valence-corrected chi connectivity index (χ4v) is 1.36. The Labute approximate surface area is 77.5 Å². The molecule has 3 N–H and O–H groups in total. The van der Waals surface area contributed by atoms with E-state index in [1.54, 1.807) is 4.90 Å². The highest BCUT2D eigenvalue weighted by atomic mass is 16.5. The van der Waals surface area contributed by atoms with E-state index >= 15 is 0 Å². The molecule has 1 fully saturated rings. The number of aliphatic hydroxyl groups excluding tert-OH is 1. The van der Waals surface area contributed by atoms with E-state index in [1.807, 2.05) is 0 Å². The van der Waals surface area contributed by atoms with Crippen molar-refractivity contribution in [3.63, 3.8) is 0 Å². The molecule has 0 aromatic rings. The fraction of sp³-hybridized carbons (Fsp3) is 0.875. The summed E-state index contributed by atoms with van der Waals surface area (Å²) in [4.78, 5) is 12.9. The zero-order chi connectivity index (χ0) is 9.68. The Morgan fingerprint density at radius 1 is 1.62 bits per heavy atom. The number of rotatable bonds is 5. The zero-order valence-corrected chi connectivity index (χ0v) is 7.61. The van der Waals surface area contributed by atoms with Crippen LogP contribution in [0.2, 0.25) is 0 Å². The molecule has 1 unspecified atom stereocenters. The van der Waals surface area contributed by atoms with Gasteiger partial charge in [-0.3, -0.25) is 4.79 Å². The molecule has 1 saturated heterocycles. The predicted octanol–water partition coefficient (Wildman–Crippen LogP) is -1.45. The molecular formula is C8H16N2O3. The summed E-state index contributed by atoms with van der Waals surface area (Å²) in [6.07, 6.45) is 0.444. The van der Waals surface area contributed by atoms with Crippen LogP contribution in [0.4, 0.5) is 0 Å². The zero-order valence-electron chi connectivity index (χ0n) is 7.61. The Morgan fingerprint density at radius 3 is 2.92 bits per heavy atom. The molecule has 0 radical (unpaired) electrons. The largest absolute Gasteiger partial charge is 0.394 e. The summed E-state index contributed by atoms with van der Waals surface area (Å²) in [7, 11) is 0. The van der Waals surface area contributed by atoms with Gasteiger partial charge in [0.05, 0.1) is 19.8 Å². The average molecular weight is 188 g/mol. The summed E-state index contributed by atoms with van der Waals surface area (Å²) < 4.78 is 5.04. The molecule has 0 aromatic heterocycles. The van der Waals surface area contributed by atoms with E-state index < -0.39 is 0 Å². The van der Waals surface area contributed by atoms with Crippen molar-refractivity contribution in [2.75, 3.05) is 32.9 Å². The molecular weight excluding hydrogens is 172 g/mol. The molecule has 1 heterocycles. The number of likely N-dealkylation sites (tertiary alicyclic amines) is 1. The summed E-state index contributed by atoms with van der Waals surface area (Å²) in [5, 5.41) is 8.43. The number of ether oxygens (including phenoxy) is 1. The third-order valence-electron chi connectivity index (χ3n) is 1.99. The number of aliphatic hydroxyl groups is 1. The minimum Gasteiger partial charge on any atom is -0.394 e. The van der Waals surface area contributed by atoms with Crippen LogP contribution in [0.15, 0.2) is 0 Å². The van der Waals surface area contributed by atoms with Gasteiger partial charge < -0.3 is 20.5 Å². The molecule has 1 aliphatic heterocycles. The SMILES string of the molecule is NC1CC(=O)N(CCOCCO)C1. The molecule has 1 amide bonds. The fourth-order valence-electron chi connectivity index (χ4n) is 1.36. The molecule has 0 saturated carbocycles. The third kappa shape index (κ3) is 3.30. The molecule has 0 bridgehead atoms. The smallest absolute Gasteiger partial charge is 0.224 e. The van der Waals surface area contributed by atoms with Crippen molar-refractivity contribution < 1.29 is 14.6 Å². The third-order valence-corrected chi connectivity index (χ3v) is 1.99. The van der Waals surface area contributed by atoms with Crippen LogP contribution < -0.4 is 5.73 Å². The minimum atomic E-state index is -0.0228. The molecule has 0 aromatic carbocycles. The molecule has 13 heavy (non-hydrogen) atoms. The van der Waals surface area contributed by atoms with Gasteiger partial charge in [0.1, 0.15) is 0 Å². The number of amides is 1. The van der Waals surface area contributed by atoms with Crippen LogP contribution in [0, 0.1) is 0 Å². The van der Waals surface area contributed by atoms with Crippen molar-refractivity contribution in [1.82, 2.24) is 4.90 Å². The van der Waals surface area contributed by atoms with Crippen molar-refractivity contribution in [3.8, 4) is 0 Å². The number of nitrogens with two attached hydrogens (primary N) is 1. The number of hydrogen-bond acceptors (Lipinski definition) is 4. The molecule has 1 atom stereocenters. The van der Waals surface area contributed by atoms with Crippen molar-refractivity contribution in [2.24, 2.45) is 5.73 Å². The number of carbonyl (C=O) groups is 1. The molecule has 5 nitrogen and oxygen atoms in total. The van der Waals surface area contributed by atoms with Gasteiger partial charge in [0.25, 0.3) is 0 Å². The maximum Gasteiger partial charge on any atom is 0.224 e. The van der Waals surface area contributed by atoms with Gasteiger partial charge in [0, 0.05) is 25.6 Å². The van der Waals surface area contributed by atoms with Crippen LogP contribution in [-0.2, 0) is 9.53 Å². The molecule has 1 rings (SSSR count). The summed E-state index contributed by atoms with van der Waals surface area (Å²) in [6.45, 7) is 2.02. The van der Waals surface area contributed by atoms with E-state index in [4.69, 9.17) is 15.6 Å². The predicted molar refractivity (Wildman–Crippen MR) is 47.1 cm³/mol. The second-order valence-corrected chi connectivity index (χ2v) is 3.14. The van der Waals surface area contributed by atoms with Crippen LogP contribution in [-0.4, -0.2) is 54.9 Å². The van der Waals surface area contributed by atoms with Gasteiger partial charge in [-0.1, -0.05) is 0 Å². The second-order valence-electron chi connectivity index (χ2n) is 3.14. The van der Waals surface area contributed by atoms with Crippen LogP contribution in [0.1, 0.15) is 6.42 Å². The molecule has 5 heteroatoms. The molecule has 1 aliphatic rings. The standard InChI is InChI=1S/C8H16N2O3/c9-7-5-8(12)10(6-7)1-3-13-4-2-11/h7,11H,1-6,9H2. The quantitative estimate of drug-likeness (QED) is 0.518. The van der Waals surface area contributed by atoms with Gasteiger partial charge in [0.2, 0.25) is 5.91 Å². The van der Waals surface area contributed by atoms with Crippen LogP contribution >= 0.6 is 0 Å². The number of carbonyl (C=O) groups excluding carboxylic acids is 1. The number of nitrogens with zero attached hydrogens (tertiary/aromatic N) is 1. The van der Waals surface area contributed by atoms with Crippen LogP contribution in [0.25, 0.3) is 0 Å². The van der Waals surface area contributed by atoms with Crippen molar-refractivity contribution >= 4 is 5.91 Å². The van der Waals surface area contributed by atoms with Crippen LogP contribution in [0.5, 0.6) is 0 Å². The van der Waals surface area contributed by atoms with Crippen molar-refractivity contribution in [3.05, 3.63) is 0 Å². The Bertz CT molecular complexity index is 175. The highest BCUT2D eigenvalue weighted by Crippen LogP contribution is 2.07. The van der Waals surface area contributed by atoms with Gasteiger partial charge >= 0.3 is 0 Å². The lowest BCUT2D eigenvalue weighted by atomic mass is 10.3. The van der Waals surface area contributed by atoms with Gasteiger partial charge in [-0.15, -0.1) is 0 Å². The Morgan fingerprint density at radius 2 is 2.38 bits per heavy atom. The summed E-state index contributed by atoms with van der Waals surface area (Å²) in [5.74, 6) is 0.0973. The minimum absolute atomic E-state index is 0.0213. The van der Waals surface area contributed by atoms with E-state index in [9.17, 15) is 4.79 Å². The monoisotopic (exact) mass is 188 g/mol. The van der Waals surface area contributed by atoms with Gasteiger partial charge in [-0.05, 0) is 0 Å². The molecule has 0 aliphatic carbocycles. The topological polar surface area (TPSA) is 75.8 Å². The lowest BCUT2D eigenvalue weighted by molar-refractivity contribution is -0.128. The first kappa shape index (κ1) is 10.4. The first-order chi connectivity index (χ1) is 6.24. The summed E-state index contributed by atoms with van der Waals surface area (Å²) in [6, 6.07) is -0.0228. The average Bonchev–Trinajstić information content (AvgIpc) is 2.39. The number of hydrogen-bond donors (Lipinski definition) is 2. The van der Waals surface area contributed by atoms with E-state index in [0.717, 1.165) is 0 Å². The lowest BCUT2D eigenvalue weighted by Crippen LogP contribution is -2.31. The van der Waals surface area contributed by atoms with E-state index in [1.165, 1.54) is 0 Å². The maximum atomic E-state index is 11.2. The van der Waals surface area contributed by atoms with Crippen molar-refractivity contribution in [2.45, 2.75) is 12.5 Å². The van der Waals surface area contributed by atoms with Gasteiger partial charge in [-0.25, -0.2) is 0 Å². The van der Waals surface area contributed by atoms with E-state index in [-0.39, 0.29) is 18.6 Å². The highest BCUT2D eigenvalue weighted by molar-refractivity contribution is 5.79. The summed E-state index contributed by atoms with van der Waals surface area (Å²) in [5.41, 5.74) is 5.60. The Balaban J connectivity index is 2.11. The first-order valence-electron chi connectivity index (χ1n) is 4.46. The normalized spacial score (nSPS) is 22.8. The Kier molecular flexibility index (Phi) is 4.14. The van der Waals surface area contributed by atoms with Gasteiger partial charge in [0.15, 0.2) is 0 Å². The van der Waals surface area contributed by atoms with Crippen LogP contribution in [0.3, 0.4) is 0 Å². The maximum absolute atomic E-state index is 11.2. The first-order valence-corrected chi connectivity index (χ1v) is 4.46. The molecule has 0 spiro atoms. The van der Waals surface area contributed by atoms with E-state index in [2.05, 4.69) is 0 Å². The second kappa shape index (κ2) is 5.16. The highest BCUT2D eigenvalue weighted by Gasteiger charge is 2.25. The lowest BCUT2D eigenvalue weighted by Gasteiger charge is -2.15. The van der Waals surface area contributed by atoms with E-state index in [0.29, 0.717) is 32.7 Å². The van der Waals surface area contributed by atoms with Gasteiger partial charge in [-0.2, -0.15) is 0 Å². The Hall–Kier alpha value is -0.650.